The van der Waals surface area contributed by atoms with Crippen molar-refractivity contribution in [1.29, 1.82) is 0 Å². The number of aryl methyl sites for hydroxylation is 1. The van der Waals surface area contributed by atoms with Crippen LogP contribution in [0.2, 0.25) is 0 Å². The number of carbonyl (C=O) groups excluding carboxylic acids is 1. The summed E-state index contributed by atoms with van der Waals surface area (Å²) in [6, 6.07) is 54.1. The van der Waals surface area contributed by atoms with Gasteiger partial charge in [-0.05, 0) is 159 Å². The summed E-state index contributed by atoms with van der Waals surface area (Å²) < 4.78 is 12.0. The van der Waals surface area contributed by atoms with Gasteiger partial charge < -0.3 is 9.47 Å². The zero-order valence-corrected chi connectivity index (χ0v) is 40.7. The van der Waals surface area contributed by atoms with Gasteiger partial charge in [0.1, 0.15) is 5.75 Å². The van der Waals surface area contributed by atoms with Crippen molar-refractivity contribution >= 4 is 17.3 Å². The molecular weight excluding hydrogens is 825 g/mol. The summed E-state index contributed by atoms with van der Waals surface area (Å²) in [6.07, 6.45) is 7.23. The maximum Gasteiger partial charge on any atom is 0.336 e. The van der Waals surface area contributed by atoms with E-state index in [4.69, 9.17) is 9.47 Å². The molecule has 1 fully saturated rings. The van der Waals surface area contributed by atoms with Crippen molar-refractivity contribution in [2.45, 2.75) is 112 Å². The molecule has 336 valence electrons. The van der Waals surface area contributed by atoms with E-state index in [1.807, 2.05) is 30.4 Å². The third kappa shape index (κ3) is 8.39. The average molecular weight is 889 g/mol. The van der Waals surface area contributed by atoms with Crippen LogP contribution >= 0.6 is 11.3 Å². The largest absolute Gasteiger partial charge is 0.455 e. The molecule has 9 rings (SSSR count). The molecule has 2 aliphatic rings. The molecule has 7 aromatic rings. The molecule has 0 aliphatic heterocycles. The molecule has 0 bridgehead atoms. The minimum Gasteiger partial charge on any atom is -0.455 e. The number of thiophene rings is 1. The van der Waals surface area contributed by atoms with Crippen LogP contribution in [-0.4, -0.2) is 12.3 Å². The van der Waals surface area contributed by atoms with Gasteiger partial charge >= 0.3 is 5.97 Å². The Kier molecular flexibility index (Phi) is 12.6. The molecule has 1 heterocycles. The van der Waals surface area contributed by atoms with Crippen molar-refractivity contribution in [2.75, 3.05) is 0 Å². The monoisotopic (exact) mass is 888 g/mol. The second kappa shape index (κ2) is 18.4. The normalized spacial score (nSPS) is 15.6. The Bertz CT molecular complexity index is 2840. The number of hydrogen-bond donors (Lipinski definition) is 0. The number of hydrogen-bond acceptors (Lipinski definition) is 4. The molecule has 2 aliphatic carbocycles. The molecule has 0 saturated heterocycles. The van der Waals surface area contributed by atoms with Crippen LogP contribution in [0.5, 0.6) is 5.75 Å². The zero-order chi connectivity index (χ0) is 46.2. The minimum absolute atomic E-state index is 0.0452. The van der Waals surface area contributed by atoms with Gasteiger partial charge in [-0.3, -0.25) is 0 Å². The highest BCUT2D eigenvalue weighted by Crippen LogP contribution is 2.71. The molecule has 3 nitrogen and oxygen atoms in total. The van der Waals surface area contributed by atoms with E-state index < -0.39 is 6.29 Å². The van der Waals surface area contributed by atoms with E-state index in [2.05, 4.69) is 182 Å². The van der Waals surface area contributed by atoms with Crippen LogP contribution < -0.4 is 4.74 Å². The maximum atomic E-state index is 12.6. The molecule has 1 aromatic heterocycles. The van der Waals surface area contributed by atoms with Crippen LogP contribution in [0.3, 0.4) is 0 Å². The van der Waals surface area contributed by atoms with Crippen molar-refractivity contribution in [1.82, 2.24) is 0 Å². The van der Waals surface area contributed by atoms with Crippen molar-refractivity contribution in [3.05, 3.63) is 174 Å². The second-order valence-electron chi connectivity index (χ2n) is 20.0. The molecule has 0 amide bonds. The lowest BCUT2D eigenvalue weighted by Gasteiger charge is -2.49. The van der Waals surface area contributed by atoms with Crippen LogP contribution in [0.1, 0.15) is 110 Å². The molecule has 6 aromatic carbocycles. The predicted molar refractivity (Wildman–Crippen MR) is 278 cm³/mol. The van der Waals surface area contributed by atoms with Gasteiger partial charge in [0.15, 0.2) is 0 Å². The lowest BCUT2D eigenvalue weighted by molar-refractivity contribution is -0.159. The predicted octanol–water partition coefficient (Wildman–Crippen LogP) is 17.7. The van der Waals surface area contributed by atoms with Gasteiger partial charge in [0.2, 0.25) is 6.29 Å². The number of unbranched alkanes of at least 4 members (excludes halogenated alkanes) is 3. The molecule has 0 radical (unpaired) electrons. The third-order valence-electron chi connectivity index (χ3n) is 14.9. The van der Waals surface area contributed by atoms with Crippen LogP contribution in [0, 0.1) is 17.8 Å². The van der Waals surface area contributed by atoms with E-state index in [1.54, 1.807) is 0 Å². The van der Waals surface area contributed by atoms with Crippen LogP contribution in [0.25, 0.3) is 65.4 Å². The van der Waals surface area contributed by atoms with Gasteiger partial charge in [0.25, 0.3) is 0 Å². The Labute approximate surface area is 397 Å². The Morgan fingerprint density at radius 3 is 1.56 bits per heavy atom. The first-order chi connectivity index (χ1) is 31.8. The highest BCUT2D eigenvalue weighted by atomic mass is 32.1. The molecular formula is C62H64O3S. The smallest absolute Gasteiger partial charge is 0.336 e. The van der Waals surface area contributed by atoms with Crippen LogP contribution in [0.4, 0.5) is 0 Å². The molecule has 1 saturated carbocycles. The molecule has 1 atom stereocenters. The van der Waals surface area contributed by atoms with Crippen molar-refractivity contribution < 1.29 is 14.3 Å². The Hall–Kier alpha value is -5.97. The summed E-state index contributed by atoms with van der Waals surface area (Å²) in [5.41, 5.74) is 17.2. The van der Waals surface area contributed by atoms with E-state index in [-0.39, 0.29) is 22.2 Å². The summed E-state index contributed by atoms with van der Waals surface area (Å²) in [5.74, 6) is 0.307. The molecule has 1 spiro atoms. The van der Waals surface area contributed by atoms with E-state index >= 15 is 0 Å². The van der Waals surface area contributed by atoms with Gasteiger partial charge in [-0.1, -0.05) is 170 Å². The summed E-state index contributed by atoms with van der Waals surface area (Å²) in [5, 5.41) is 0. The lowest BCUT2D eigenvalue weighted by atomic mass is 9.53. The van der Waals surface area contributed by atoms with E-state index in [9.17, 15) is 4.79 Å². The first kappa shape index (κ1) is 45.2. The number of fused-ring (bicyclic) bond motifs is 5. The van der Waals surface area contributed by atoms with Crippen molar-refractivity contribution in [3.63, 3.8) is 0 Å². The number of carbonyl (C=O) groups is 1. The standard InChI is InChI=1S/C62H64O3S/c1-9-11-12-13-14-58(65-59(63)42(4)10-2)64-51-31-27-48(28-32-51)56-35-36-57(66-56)50-30-34-53-52-33-29-49(39-54(52)62(55(53)40-50)60(5,6)37-38-61(62,7)8)47-25-23-46(24-26-47)45-21-19-44(20-22-45)43-17-15-41(3)16-18-43/h15-36,39-40,58H,4,9-14,37-38H2,1-3,5-8H3. The first-order valence-electron chi connectivity index (χ1n) is 24.2. The Balaban J connectivity index is 0.974. The van der Waals surface area contributed by atoms with Crippen LogP contribution in [0.15, 0.2) is 158 Å². The first-order valence-corrected chi connectivity index (χ1v) is 25.0. The minimum atomic E-state index is -0.640. The quantitative estimate of drug-likeness (QED) is 0.0445. The van der Waals surface area contributed by atoms with Crippen LogP contribution in [-0.2, 0) is 14.9 Å². The van der Waals surface area contributed by atoms with E-state index in [1.165, 1.54) is 89.4 Å². The van der Waals surface area contributed by atoms with Gasteiger partial charge in [-0.25, -0.2) is 4.79 Å². The second-order valence-corrected chi connectivity index (χ2v) is 21.1. The topological polar surface area (TPSA) is 35.5 Å². The zero-order valence-electron chi connectivity index (χ0n) is 39.9. The number of benzene rings is 6. The van der Waals surface area contributed by atoms with Gasteiger partial charge in [0.05, 0.1) is 0 Å². The lowest BCUT2D eigenvalue weighted by Crippen LogP contribution is -2.46. The maximum absolute atomic E-state index is 12.6. The molecule has 0 N–H and O–H groups in total. The fourth-order valence-corrected chi connectivity index (χ4v) is 12.2. The average Bonchev–Trinajstić information content (AvgIpc) is 4.00. The number of esters is 1. The summed E-state index contributed by atoms with van der Waals surface area (Å²) in [6.45, 7) is 20.1. The fourth-order valence-electron chi connectivity index (χ4n) is 11.2. The molecule has 1 unspecified atom stereocenters. The highest BCUT2D eigenvalue weighted by molar-refractivity contribution is 7.18. The van der Waals surface area contributed by atoms with Gasteiger partial charge in [-0.2, -0.15) is 0 Å². The van der Waals surface area contributed by atoms with E-state index in [0.717, 1.165) is 31.2 Å². The van der Waals surface area contributed by atoms with E-state index in [0.29, 0.717) is 24.2 Å². The van der Waals surface area contributed by atoms with Gasteiger partial charge in [-0.15, -0.1) is 11.3 Å². The molecule has 4 heteroatoms. The van der Waals surface area contributed by atoms with Crippen molar-refractivity contribution in [2.24, 2.45) is 10.8 Å². The Morgan fingerprint density at radius 2 is 1.03 bits per heavy atom. The third-order valence-corrected chi connectivity index (χ3v) is 16.1. The number of ether oxygens (including phenoxy) is 2. The van der Waals surface area contributed by atoms with Crippen molar-refractivity contribution in [3.8, 4) is 71.1 Å². The fraction of sp³-hybridized carbons (Fsp3) is 0.306. The Morgan fingerprint density at radius 1 is 0.576 bits per heavy atom. The molecule has 66 heavy (non-hydrogen) atoms. The number of rotatable bonds is 15. The summed E-state index contributed by atoms with van der Waals surface area (Å²) >= 11 is 1.83. The van der Waals surface area contributed by atoms with Gasteiger partial charge in [0, 0.05) is 27.2 Å². The SMILES string of the molecule is C=C(CC)C(=O)OC(CCCCCC)Oc1ccc(-c2ccc(-c3ccc4c(c3)C3(c5cc(-c6ccc(-c7ccc(-c8ccc(C)cc8)cc7)cc6)ccc5-4)C(C)(C)CCC3(C)C)s2)cc1. The summed E-state index contributed by atoms with van der Waals surface area (Å²) in [7, 11) is 0. The summed E-state index contributed by atoms with van der Waals surface area (Å²) in [4.78, 5) is 15.1. The highest BCUT2D eigenvalue weighted by Gasteiger charge is 2.64.